The number of halogens is 1. The average molecular weight is 616 g/mol. The molecular weight excluding hydrogens is 585 g/mol. The molecule has 0 saturated carbocycles. The van der Waals surface area contributed by atoms with Crippen LogP contribution in [-0.4, -0.2) is 73.2 Å². The summed E-state index contributed by atoms with van der Waals surface area (Å²) in [5.41, 5.74) is 1.33. The summed E-state index contributed by atoms with van der Waals surface area (Å²) in [5, 5.41) is 2.54. The van der Waals surface area contributed by atoms with Gasteiger partial charge in [0, 0.05) is 25.7 Å². The van der Waals surface area contributed by atoms with Crippen molar-refractivity contribution in [3.05, 3.63) is 99.9 Å². The molecule has 2 amide bonds. The van der Waals surface area contributed by atoms with Gasteiger partial charge in [0.25, 0.3) is 5.91 Å². The number of anilines is 2. The molecule has 45 heavy (non-hydrogen) atoms. The average Bonchev–Trinajstić information content (AvgIpc) is 3.50. The van der Waals surface area contributed by atoms with E-state index in [1.165, 1.54) is 33.6 Å². The van der Waals surface area contributed by atoms with E-state index in [1.807, 2.05) is 35.2 Å². The number of benzene rings is 2. The van der Waals surface area contributed by atoms with Crippen LogP contribution in [0.1, 0.15) is 21.6 Å². The molecule has 6 rings (SSSR count). The zero-order chi connectivity index (χ0) is 31.3. The molecule has 2 fully saturated rings. The van der Waals surface area contributed by atoms with Crippen LogP contribution in [0.15, 0.2) is 71.7 Å². The number of nitrogens with one attached hydrogen (secondary N) is 1. The third kappa shape index (κ3) is 6.63. The summed E-state index contributed by atoms with van der Waals surface area (Å²) in [6.45, 7) is 2.12. The van der Waals surface area contributed by atoms with Crippen LogP contribution in [0.3, 0.4) is 0 Å². The van der Waals surface area contributed by atoms with Crippen LogP contribution in [0, 0.1) is 5.82 Å². The van der Waals surface area contributed by atoms with Gasteiger partial charge in [-0.3, -0.25) is 23.7 Å². The highest BCUT2D eigenvalue weighted by molar-refractivity contribution is 5.99. The number of morpholine rings is 1. The fourth-order valence-corrected chi connectivity index (χ4v) is 5.17. The lowest BCUT2D eigenvalue weighted by Gasteiger charge is -2.30. The first-order chi connectivity index (χ1) is 21.9. The molecule has 2 aromatic carbocycles. The zero-order valence-corrected chi connectivity index (χ0v) is 24.2. The van der Waals surface area contributed by atoms with Crippen molar-refractivity contribution in [3.63, 3.8) is 0 Å². The summed E-state index contributed by atoms with van der Waals surface area (Å²) in [6, 6.07) is 16.3. The van der Waals surface area contributed by atoms with Gasteiger partial charge in [-0.15, -0.1) is 0 Å². The predicted molar refractivity (Wildman–Crippen MR) is 161 cm³/mol. The van der Waals surface area contributed by atoms with Gasteiger partial charge in [-0.2, -0.15) is 0 Å². The van der Waals surface area contributed by atoms with Crippen molar-refractivity contribution in [2.75, 3.05) is 55.8 Å². The van der Waals surface area contributed by atoms with Gasteiger partial charge in [-0.25, -0.2) is 14.2 Å². The Morgan fingerprint density at radius 3 is 2.42 bits per heavy atom. The summed E-state index contributed by atoms with van der Waals surface area (Å²) in [4.78, 5) is 61.0. The quantitative estimate of drug-likeness (QED) is 0.286. The van der Waals surface area contributed by atoms with Gasteiger partial charge in [0.2, 0.25) is 5.75 Å². The first kappa shape index (κ1) is 29.8. The minimum absolute atomic E-state index is 0.0257. The maximum absolute atomic E-state index is 14.1. The first-order valence-corrected chi connectivity index (χ1v) is 14.5. The van der Waals surface area contributed by atoms with E-state index in [2.05, 4.69) is 10.3 Å². The van der Waals surface area contributed by atoms with Crippen molar-refractivity contribution < 1.29 is 33.0 Å². The number of carbonyl (C=O) groups is 3. The van der Waals surface area contributed by atoms with E-state index in [9.17, 15) is 23.6 Å². The Labute approximate surface area is 256 Å². The van der Waals surface area contributed by atoms with Crippen LogP contribution in [0.2, 0.25) is 0 Å². The third-order valence-electron chi connectivity index (χ3n) is 7.48. The Balaban J connectivity index is 1.39. The second-order valence-electron chi connectivity index (χ2n) is 10.5. The molecule has 0 aliphatic carbocycles. The summed E-state index contributed by atoms with van der Waals surface area (Å²) in [6.07, 6.45) is 0.966. The number of fused-ring (bicyclic) bond motifs is 1. The zero-order valence-electron chi connectivity index (χ0n) is 24.2. The Bertz CT molecular complexity index is 1790. The highest BCUT2D eigenvalue weighted by Crippen LogP contribution is 2.30. The molecule has 4 aromatic rings. The topological polar surface area (TPSA) is 132 Å². The molecule has 4 heterocycles. The number of ether oxygens (including phenoxy) is 3. The summed E-state index contributed by atoms with van der Waals surface area (Å²) in [7, 11) is 0. The van der Waals surface area contributed by atoms with Crippen LogP contribution in [0.4, 0.5) is 20.6 Å². The molecule has 0 unspecified atom stereocenters. The smallest absolute Gasteiger partial charge is 0.414 e. The van der Waals surface area contributed by atoms with Crippen molar-refractivity contribution in [2.45, 2.75) is 13.0 Å². The van der Waals surface area contributed by atoms with E-state index < -0.39 is 23.4 Å². The van der Waals surface area contributed by atoms with Crippen molar-refractivity contribution in [1.29, 1.82) is 0 Å². The number of Topliss-reactive ketones (excluding diaryl/α,β-unsaturated/α-hetero) is 1. The van der Waals surface area contributed by atoms with E-state index in [0.717, 1.165) is 5.56 Å². The van der Waals surface area contributed by atoms with Crippen LogP contribution in [-0.2, 0) is 27.3 Å². The lowest BCUT2D eigenvalue weighted by molar-refractivity contribution is -0.117. The fourth-order valence-electron chi connectivity index (χ4n) is 5.17. The molecular formula is C32H30FN5O7. The highest BCUT2D eigenvalue weighted by atomic mass is 19.1. The number of aromatic nitrogens is 2. The molecule has 2 saturated heterocycles. The first-order valence-electron chi connectivity index (χ1n) is 14.5. The predicted octanol–water partition coefficient (Wildman–Crippen LogP) is 2.75. The lowest BCUT2D eigenvalue weighted by atomic mass is 10.1. The monoisotopic (exact) mass is 615 g/mol. The molecule has 0 spiro atoms. The number of pyridine rings is 1. The molecule has 0 atom stereocenters. The fraction of sp³-hybridized carbons (Fsp3) is 0.281. The number of rotatable bonds is 10. The van der Waals surface area contributed by atoms with Gasteiger partial charge in [0.15, 0.2) is 17.1 Å². The Morgan fingerprint density at radius 2 is 1.71 bits per heavy atom. The third-order valence-corrected chi connectivity index (χ3v) is 7.48. The van der Waals surface area contributed by atoms with Gasteiger partial charge in [-0.1, -0.05) is 42.5 Å². The maximum atomic E-state index is 14.1. The van der Waals surface area contributed by atoms with Gasteiger partial charge >= 0.3 is 11.7 Å². The van der Waals surface area contributed by atoms with Gasteiger partial charge in [-0.05, 0) is 29.3 Å². The van der Waals surface area contributed by atoms with Gasteiger partial charge < -0.3 is 24.4 Å². The van der Waals surface area contributed by atoms with Crippen molar-refractivity contribution in [1.82, 2.24) is 14.7 Å². The number of nitrogens with zero attached hydrogens (tertiary/aromatic N) is 4. The summed E-state index contributed by atoms with van der Waals surface area (Å²) in [5.74, 6) is -1.88. The van der Waals surface area contributed by atoms with Crippen molar-refractivity contribution in [2.24, 2.45) is 0 Å². The van der Waals surface area contributed by atoms with Crippen molar-refractivity contribution in [3.8, 4) is 5.75 Å². The molecule has 0 radical (unpaired) electrons. The molecule has 2 aliphatic heterocycles. The molecule has 232 valence electrons. The maximum Gasteiger partial charge on any atom is 0.414 e. The minimum atomic E-state index is -0.808. The molecule has 2 aliphatic rings. The minimum Gasteiger partial charge on any atom is -0.481 e. The summed E-state index contributed by atoms with van der Waals surface area (Å²) >= 11 is 0. The molecule has 13 heteroatoms. The van der Waals surface area contributed by atoms with E-state index in [0.29, 0.717) is 37.6 Å². The normalized spacial score (nSPS) is 14.8. The summed E-state index contributed by atoms with van der Waals surface area (Å²) < 4.78 is 31.1. The van der Waals surface area contributed by atoms with E-state index in [4.69, 9.17) is 14.2 Å². The number of hydrogen-bond acceptors (Lipinski definition) is 9. The largest absolute Gasteiger partial charge is 0.481 e. The molecule has 0 bridgehead atoms. The number of ketones is 1. The highest BCUT2D eigenvalue weighted by Gasteiger charge is 2.30. The van der Waals surface area contributed by atoms with Crippen LogP contribution in [0.5, 0.6) is 5.75 Å². The van der Waals surface area contributed by atoms with E-state index in [1.54, 1.807) is 12.3 Å². The van der Waals surface area contributed by atoms with E-state index in [-0.39, 0.29) is 61.3 Å². The Kier molecular flexibility index (Phi) is 8.69. The van der Waals surface area contributed by atoms with Crippen molar-refractivity contribution >= 4 is 34.8 Å². The molecule has 1 N–H and O–H groups in total. The standard InChI is InChI=1S/C32H30FN5O7/c33-23-8-6-21(7-9-23)16-25(39)18-34-30(40)27-28(45-20-22-4-2-1-3-5-22)31(41)38-19-24(36-10-13-43-14-11-36)17-26(29(38)35-27)37-12-15-44-32(37)42/h1-9,17,19H,10-16,18,20H2,(H,34,40). The second kappa shape index (κ2) is 13.1. The van der Waals surface area contributed by atoms with Crippen LogP contribution in [0.25, 0.3) is 5.65 Å². The van der Waals surface area contributed by atoms with Gasteiger partial charge in [0.1, 0.15) is 19.0 Å². The molecule has 12 nitrogen and oxygen atoms in total. The van der Waals surface area contributed by atoms with E-state index >= 15 is 0 Å². The lowest BCUT2D eigenvalue weighted by Crippen LogP contribution is -2.37. The SMILES string of the molecule is O=C(CNC(=O)c1nc2c(N3CCOC3=O)cc(N3CCOCC3)cn2c(=O)c1OCc1ccccc1)Cc1ccc(F)cc1. The Morgan fingerprint density at radius 1 is 0.956 bits per heavy atom. The van der Waals surface area contributed by atoms with Crippen LogP contribution < -0.4 is 25.4 Å². The number of hydrogen-bond donors (Lipinski definition) is 1. The number of cyclic esters (lactones) is 1. The van der Waals surface area contributed by atoms with Crippen LogP contribution >= 0.6 is 0 Å². The van der Waals surface area contributed by atoms with Gasteiger partial charge in [0.05, 0.1) is 37.7 Å². The number of amides is 2. The Hall–Kier alpha value is -5.30. The molecule has 2 aromatic heterocycles. The number of carbonyl (C=O) groups excluding carboxylic acids is 3. The second-order valence-corrected chi connectivity index (χ2v) is 10.5.